The number of nitrogens with zero attached hydrogens (tertiary/aromatic N) is 4. The number of ether oxygens (including phenoxy) is 2. The van der Waals surface area contributed by atoms with Crippen LogP contribution < -0.4 is 19.7 Å². The Balaban J connectivity index is 0.00000351. The number of aromatic nitrogens is 2. The molecule has 2 heterocycles. The minimum absolute atomic E-state index is 0. The van der Waals surface area contributed by atoms with E-state index in [-0.39, 0.29) is 54.2 Å². The third-order valence-electron chi connectivity index (χ3n) is 8.95. The molecule has 5 rings (SSSR count). The van der Waals surface area contributed by atoms with E-state index in [0.29, 0.717) is 46.8 Å². The highest BCUT2D eigenvalue weighted by Crippen LogP contribution is 2.32. The molecule has 1 aliphatic heterocycles. The van der Waals surface area contributed by atoms with Crippen molar-refractivity contribution in [2.45, 2.75) is 52.4 Å². The summed E-state index contributed by atoms with van der Waals surface area (Å²) in [6.07, 6.45) is 3.06. The molecule has 1 aromatic heterocycles. The number of piperazine rings is 1. The van der Waals surface area contributed by atoms with Crippen LogP contribution in [0.25, 0.3) is 11.0 Å². The van der Waals surface area contributed by atoms with Crippen LogP contribution in [0.4, 0.5) is 11.4 Å². The number of nitrogens with one attached hydrogen (secondary N) is 2. The van der Waals surface area contributed by atoms with Crippen LogP contribution in [0.15, 0.2) is 54.6 Å². The number of hydrogen-bond donors (Lipinski definition) is 2. The number of amides is 3. The van der Waals surface area contributed by atoms with E-state index in [1.807, 2.05) is 48.2 Å². The van der Waals surface area contributed by atoms with Gasteiger partial charge in [0.25, 0.3) is 11.8 Å². The third kappa shape index (κ3) is 10.1. The fourth-order valence-corrected chi connectivity index (χ4v) is 5.90. The molecule has 4 aromatic rings. The highest BCUT2D eigenvalue weighted by molar-refractivity contribution is 6.11. The number of rotatable bonds is 13. The molecule has 11 nitrogen and oxygen atoms in total. The van der Waals surface area contributed by atoms with E-state index in [9.17, 15) is 14.4 Å². The fraction of sp³-hybridized carbons (Fsp3) is 0.421. The highest BCUT2D eigenvalue weighted by Gasteiger charge is 2.22. The normalized spacial score (nSPS) is 13.0. The summed E-state index contributed by atoms with van der Waals surface area (Å²) in [4.78, 5) is 53.4. The number of fused-ring (bicyclic) bond motifs is 1. The molecule has 3 amide bonds. The number of benzene rings is 3. The lowest BCUT2D eigenvalue weighted by Crippen LogP contribution is -2.47. The van der Waals surface area contributed by atoms with Crippen molar-refractivity contribution in [3.8, 4) is 11.5 Å². The molecule has 0 aliphatic carbocycles. The van der Waals surface area contributed by atoms with Gasteiger partial charge in [0, 0.05) is 51.1 Å². The zero-order valence-electron chi connectivity index (χ0n) is 30.3. The standard InChI is InChI=1S/C38H48N6O5.2ClH/c1-25(2)36-39-29-11-10-12-30(35(29)41-36)40-37(46)28-16-15-27(24-32(28)48-6)38(47)43(5)31-17-14-26(3)23-33(31)49-22-9-7-8-13-34(45)44-20-18-42(4)19-21-44;;/h10-12,14-17,23-25H,7-9,13,18-22H2,1-6H3,(H,39,41)(H,40,46);2*1H. The number of para-hydroxylation sites is 1. The van der Waals surface area contributed by atoms with Crippen molar-refractivity contribution in [3.05, 3.63) is 77.1 Å². The maximum atomic E-state index is 13.7. The van der Waals surface area contributed by atoms with Crippen LogP contribution in [0, 0.1) is 6.92 Å². The first-order valence-corrected chi connectivity index (χ1v) is 17.0. The second-order valence-corrected chi connectivity index (χ2v) is 13.0. The number of likely N-dealkylation sites (N-methyl/N-ethyl adjacent to an activating group) is 1. The molecule has 1 fully saturated rings. The largest absolute Gasteiger partial charge is 0.496 e. The van der Waals surface area contributed by atoms with Gasteiger partial charge < -0.3 is 34.5 Å². The summed E-state index contributed by atoms with van der Waals surface area (Å²) >= 11 is 0. The van der Waals surface area contributed by atoms with Crippen LogP contribution in [0.2, 0.25) is 0 Å². The summed E-state index contributed by atoms with van der Waals surface area (Å²) in [6.45, 7) is 10.0. The molecular weight excluding hydrogens is 691 g/mol. The molecular formula is C38H50Cl2N6O5. The SMILES string of the molecule is COc1cc(C(=O)N(C)c2ccc(C)cc2OCCCCCC(=O)N2CCN(C)CC2)ccc1C(=O)Nc1cccc2[nH]c(C(C)C)nc12.Cl.Cl. The number of H-pyrrole nitrogens is 1. The first kappa shape index (κ1) is 41.1. The molecule has 2 N–H and O–H groups in total. The zero-order valence-corrected chi connectivity index (χ0v) is 31.9. The molecule has 0 atom stereocenters. The van der Waals surface area contributed by atoms with Crippen molar-refractivity contribution in [1.82, 2.24) is 19.8 Å². The molecule has 0 unspecified atom stereocenters. The predicted molar refractivity (Wildman–Crippen MR) is 208 cm³/mol. The molecule has 0 saturated carbocycles. The summed E-state index contributed by atoms with van der Waals surface area (Å²) in [5, 5.41) is 2.96. The fourth-order valence-electron chi connectivity index (χ4n) is 5.90. The minimum Gasteiger partial charge on any atom is -0.496 e. The topological polar surface area (TPSA) is 120 Å². The highest BCUT2D eigenvalue weighted by atomic mass is 35.5. The Morgan fingerprint density at radius 3 is 2.41 bits per heavy atom. The average Bonchev–Trinajstić information content (AvgIpc) is 3.55. The van der Waals surface area contributed by atoms with Gasteiger partial charge in [0.15, 0.2) is 0 Å². The Hall–Kier alpha value is -4.32. The number of halogens is 2. The first-order chi connectivity index (χ1) is 23.5. The van der Waals surface area contributed by atoms with Gasteiger partial charge in [-0.2, -0.15) is 0 Å². The van der Waals surface area contributed by atoms with Gasteiger partial charge in [-0.25, -0.2) is 4.98 Å². The number of hydrogen-bond acceptors (Lipinski definition) is 7. The molecule has 276 valence electrons. The number of anilines is 2. The van der Waals surface area contributed by atoms with Crippen molar-refractivity contribution in [2.24, 2.45) is 0 Å². The summed E-state index contributed by atoms with van der Waals surface area (Å²) in [5.74, 6) is 1.52. The monoisotopic (exact) mass is 740 g/mol. The molecule has 1 aliphatic rings. The van der Waals surface area contributed by atoms with Crippen LogP contribution in [0.3, 0.4) is 0 Å². The zero-order chi connectivity index (χ0) is 35.1. The number of carbonyl (C=O) groups excluding carboxylic acids is 3. The van der Waals surface area contributed by atoms with Gasteiger partial charge in [0.2, 0.25) is 5.91 Å². The number of methoxy groups -OCH3 is 1. The van der Waals surface area contributed by atoms with Gasteiger partial charge in [-0.05, 0) is 81.3 Å². The lowest BCUT2D eigenvalue weighted by molar-refractivity contribution is -0.132. The van der Waals surface area contributed by atoms with E-state index in [4.69, 9.17) is 9.47 Å². The van der Waals surface area contributed by atoms with Crippen molar-refractivity contribution in [1.29, 1.82) is 0 Å². The van der Waals surface area contributed by atoms with Crippen molar-refractivity contribution >= 4 is 64.9 Å². The Morgan fingerprint density at radius 1 is 0.961 bits per heavy atom. The van der Waals surface area contributed by atoms with E-state index >= 15 is 0 Å². The third-order valence-corrected chi connectivity index (χ3v) is 8.95. The first-order valence-electron chi connectivity index (χ1n) is 17.0. The van der Waals surface area contributed by atoms with E-state index in [2.05, 4.69) is 41.1 Å². The van der Waals surface area contributed by atoms with E-state index in [1.54, 1.807) is 30.1 Å². The summed E-state index contributed by atoms with van der Waals surface area (Å²) < 4.78 is 11.8. The Bertz CT molecular complexity index is 1800. The molecule has 13 heteroatoms. The summed E-state index contributed by atoms with van der Waals surface area (Å²) in [5.41, 5.74) is 4.41. The number of aromatic amines is 1. The van der Waals surface area contributed by atoms with Gasteiger partial charge in [-0.15, -0.1) is 24.8 Å². The maximum absolute atomic E-state index is 13.7. The Labute approximate surface area is 312 Å². The molecule has 3 aromatic carbocycles. The molecule has 0 spiro atoms. The summed E-state index contributed by atoms with van der Waals surface area (Å²) in [7, 11) is 5.26. The quantitative estimate of drug-likeness (QED) is 0.141. The molecule has 1 saturated heterocycles. The van der Waals surface area contributed by atoms with Gasteiger partial charge in [-0.1, -0.05) is 26.0 Å². The minimum atomic E-state index is -0.372. The van der Waals surface area contributed by atoms with Crippen molar-refractivity contribution in [3.63, 3.8) is 0 Å². The molecule has 0 bridgehead atoms. The van der Waals surface area contributed by atoms with E-state index in [1.165, 1.54) is 7.11 Å². The smallest absolute Gasteiger partial charge is 0.259 e. The summed E-state index contributed by atoms with van der Waals surface area (Å²) in [6, 6.07) is 16.1. The van der Waals surface area contributed by atoms with Crippen molar-refractivity contribution in [2.75, 3.05) is 64.2 Å². The average molecular weight is 742 g/mol. The second-order valence-electron chi connectivity index (χ2n) is 13.0. The Morgan fingerprint density at radius 2 is 1.71 bits per heavy atom. The van der Waals surface area contributed by atoms with Gasteiger partial charge in [-0.3, -0.25) is 14.4 Å². The van der Waals surface area contributed by atoms with Crippen LogP contribution in [0.5, 0.6) is 11.5 Å². The van der Waals surface area contributed by atoms with Crippen molar-refractivity contribution < 1.29 is 23.9 Å². The van der Waals surface area contributed by atoms with Crippen LogP contribution in [-0.2, 0) is 4.79 Å². The van der Waals surface area contributed by atoms with Crippen LogP contribution in [0.1, 0.15) is 77.6 Å². The van der Waals surface area contributed by atoms with Gasteiger partial charge in [0.1, 0.15) is 22.8 Å². The number of imidazole rings is 1. The van der Waals surface area contributed by atoms with E-state index in [0.717, 1.165) is 62.3 Å². The van der Waals surface area contributed by atoms with Crippen LogP contribution in [-0.4, -0.2) is 91.5 Å². The van der Waals surface area contributed by atoms with Crippen LogP contribution >= 0.6 is 24.8 Å². The van der Waals surface area contributed by atoms with E-state index < -0.39 is 0 Å². The second kappa shape index (κ2) is 18.8. The molecule has 0 radical (unpaired) electrons. The number of unbranched alkanes of at least 4 members (excludes halogenated alkanes) is 2. The number of carbonyl (C=O) groups is 3. The van der Waals surface area contributed by atoms with Gasteiger partial charge in [0.05, 0.1) is 36.2 Å². The Kier molecular flexibility index (Phi) is 15.1. The predicted octanol–water partition coefficient (Wildman–Crippen LogP) is 7.09. The van der Waals surface area contributed by atoms with Gasteiger partial charge >= 0.3 is 0 Å². The lowest BCUT2D eigenvalue weighted by atomic mass is 10.1. The maximum Gasteiger partial charge on any atom is 0.259 e. The molecule has 51 heavy (non-hydrogen) atoms. The lowest BCUT2D eigenvalue weighted by Gasteiger charge is -2.32. The number of aryl methyl sites for hydroxylation is 1.